The number of anilines is 1. The Labute approximate surface area is 133 Å². The minimum absolute atomic E-state index is 0.0660. The van der Waals surface area contributed by atoms with Gasteiger partial charge < -0.3 is 5.32 Å². The SMILES string of the molecule is Cc1ccc(NC2=C(Cl)C(=O)c3ccccc3C2=O)c(C)c1. The zero-order valence-corrected chi connectivity index (χ0v) is 13.0. The predicted molar refractivity (Wildman–Crippen MR) is 87.5 cm³/mol. The van der Waals surface area contributed by atoms with Gasteiger partial charge in [-0.2, -0.15) is 0 Å². The van der Waals surface area contributed by atoms with E-state index in [9.17, 15) is 9.59 Å². The monoisotopic (exact) mass is 311 g/mol. The van der Waals surface area contributed by atoms with Gasteiger partial charge in [-0.15, -0.1) is 0 Å². The molecule has 22 heavy (non-hydrogen) atoms. The lowest BCUT2D eigenvalue weighted by molar-refractivity contribution is 0.0982. The van der Waals surface area contributed by atoms with Crippen LogP contribution in [0, 0.1) is 13.8 Å². The van der Waals surface area contributed by atoms with Crippen molar-refractivity contribution in [3.8, 4) is 0 Å². The van der Waals surface area contributed by atoms with Crippen LogP contribution < -0.4 is 5.32 Å². The summed E-state index contributed by atoms with van der Waals surface area (Å²) in [5.74, 6) is -0.593. The molecule has 0 saturated carbocycles. The second kappa shape index (κ2) is 5.43. The van der Waals surface area contributed by atoms with Gasteiger partial charge in [0, 0.05) is 16.8 Å². The maximum Gasteiger partial charge on any atom is 0.211 e. The first kappa shape index (κ1) is 14.5. The molecule has 0 unspecified atom stereocenters. The van der Waals surface area contributed by atoms with Gasteiger partial charge in [0.1, 0.15) is 10.7 Å². The summed E-state index contributed by atoms with van der Waals surface area (Å²) in [6.45, 7) is 3.93. The fourth-order valence-corrected chi connectivity index (χ4v) is 2.78. The minimum atomic E-state index is -0.330. The number of hydrogen-bond acceptors (Lipinski definition) is 3. The predicted octanol–water partition coefficient (Wildman–Crippen LogP) is 4.24. The van der Waals surface area contributed by atoms with Crippen LogP contribution in [0.25, 0.3) is 0 Å². The quantitative estimate of drug-likeness (QED) is 0.902. The summed E-state index contributed by atoms with van der Waals surface area (Å²) in [6, 6.07) is 12.5. The van der Waals surface area contributed by atoms with Crippen LogP contribution in [-0.2, 0) is 0 Å². The Balaban J connectivity index is 2.05. The zero-order valence-electron chi connectivity index (χ0n) is 12.2. The van der Waals surface area contributed by atoms with Crippen molar-refractivity contribution < 1.29 is 9.59 Å². The standard InChI is InChI=1S/C18H14ClNO2/c1-10-7-8-14(11(2)9-10)20-16-15(19)17(21)12-5-3-4-6-13(12)18(16)22/h3-9,20H,1-2H3. The first-order valence-corrected chi connectivity index (χ1v) is 7.29. The molecular weight excluding hydrogens is 298 g/mol. The van der Waals surface area contributed by atoms with E-state index in [1.54, 1.807) is 24.3 Å². The molecular formula is C18H14ClNO2. The maximum absolute atomic E-state index is 12.6. The second-order valence-corrected chi connectivity index (χ2v) is 5.71. The summed E-state index contributed by atoms with van der Waals surface area (Å²) in [5, 5.41) is 2.96. The Morgan fingerprint density at radius 2 is 1.55 bits per heavy atom. The van der Waals surface area contributed by atoms with Crippen molar-refractivity contribution in [2.75, 3.05) is 5.32 Å². The maximum atomic E-state index is 12.6. The number of rotatable bonds is 2. The molecule has 0 bridgehead atoms. The first-order valence-electron chi connectivity index (χ1n) is 6.91. The highest BCUT2D eigenvalue weighted by atomic mass is 35.5. The molecule has 4 heteroatoms. The Kier molecular flexibility index (Phi) is 3.59. The Morgan fingerprint density at radius 1 is 0.909 bits per heavy atom. The molecule has 1 N–H and O–H groups in total. The number of hydrogen-bond donors (Lipinski definition) is 1. The number of Topliss-reactive ketones (excluding diaryl/α,β-unsaturated/α-hetero) is 2. The zero-order chi connectivity index (χ0) is 15.9. The number of halogens is 1. The van der Waals surface area contributed by atoms with Crippen LogP contribution in [0.3, 0.4) is 0 Å². The highest BCUT2D eigenvalue weighted by Crippen LogP contribution is 2.30. The van der Waals surface area contributed by atoms with Crippen molar-refractivity contribution in [2.45, 2.75) is 13.8 Å². The van der Waals surface area contributed by atoms with E-state index in [-0.39, 0.29) is 22.3 Å². The number of ketones is 2. The third-order valence-electron chi connectivity index (χ3n) is 3.70. The van der Waals surface area contributed by atoms with E-state index in [2.05, 4.69) is 5.32 Å². The molecule has 0 aliphatic heterocycles. The van der Waals surface area contributed by atoms with Crippen molar-refractivity contribution in [1.29, 1.82) is 0 Å². The average Bonchev–Trinajstić information content (AvgIpc) is 2.51. The molecule has 2 aromatic rings. The smallest absolute Gasteiger partial charge is 0.211 e. The van der Waals surface area contributed by atoms with E-state index in [1.807, 2.05) is 32.0 Å². The van der Waals surface area contributed by atoms with Crippen LogP contribution in [0.15, 0.2) is 53.2 Å². The van der Waals surface area contributed by atoms with E-state index >= 15 is 0 Å². The Morgan fingerprint density at radius 3 is 2.18 bits per heavy atom. The van der Waals surface area contributed by atoms with Gasteiger partial charge in [-0.3, -0.25) is 9.59 Å². The second-order valence-electron chi connectivity index (χ2n) is 5.34. The number of aryl methyl sites for hydroxylation is 2. The fraction of sp³-hybridized carbons (Fsp3) is 0.111. The van der Waals surface area contributed by atoms with E-state index in [4.69, 9.17) is 11.6 Å². The van der Waals surface area contributed by atoms with Gasteiger partial charge >= 0.3 is 0 Å². The topological polar surface area (TPSA) is 46.2 Å². The van der Waals surface area contributed by atoms with Crippen molar-refractivity contribution in [1.82, 2.24) is 0 Å². The average molecular weight is 312 g/mol. The molecule has 0 radical (unpaired) electrons. The lowest BCUT2D eigenvalue weighted by Gasteiger charge is -2.19. The van der Waals surface area contributed by atoms with Gasteiger partial charge in [-0.25, -0.2) is 0 Å². The third kappa shape index (κ3) is 2.34. The molecule has 1 aliphatic rings. The van der Waals surface area contributed by atoms with E-state index in [0.29, 0.717) is 11.1 Å². The fourth-order valence-electron chi connectivity index (χ4n) is 2.55. The van der Waals surface area contributed by atoms with E-state index < -0.39 is 0 Å². The lowest BCUT2D eigenvalue weighted by atomic mass is 9.92. The highest BCUT2D eigenvalue weighted by molar-refractivity contribution is 6.50. The normalized spacial score (nSPS) is 14.1. The van der Waals surface area contributed by atoms with Crippen molar-refractivity contribution >= 4 is 28.9 Å². The number of fused-ring (bicyclic) bond motifs is 1. The molecule has 3 rings (SSSR count). The molecule has 0 heterocycles. The minimum Gasteiger partial charge on any atom is -0.351 e. The van der Waals surface area contributed by atoms with Crippen LogP contribution in [-0.4, -0.2) is 11.6 Å². The van der Waals surface area contributed by atoms with Crippen molar-refractivity contribution in [2.24, 2.45) is 0 Å². The van der Waals surface area contributed by atoms with Crippen molar-refractivity contribution in [3.63, 3.8) is 0 Å². The molecule has 0 amide bonds. The van der Waals surface area contributed by atoms with Crippen LogP contribution in [0.1, 0.15) is 31.8 Å². The third-order valence-corrected chi connectivity index (χ3v) is 4.06. The summed E-state index contributed by atoms with van der Waals surface area (Å²) in [6.07, 6.45) is 0. The molecule has 0 spiro atoms. The largest absolute Gasteiger partial charge is 0.351 e. The van der Waals surface area contributed by atoms with Crippen molar-refractivity contribution in [3.05, 3.63) is 75.4 Å². The number of benzene rings is 2. The Hall–Kier alpha value is -2.39. The summed E-state index contributed by atoms with van der Waals surface area (Å²) in [7, 11) is 0. The van der Waals surface area contributed by atoms with E-state index in [1.165, 1.54) is 0 Å². The molecule has 110 valence electrons. The number of allylic oxidation sites excluding steroid dienone is 2. The molecule has 0 saturated heterocycles. The molecule has 1 aliphatic carbocycles. The molecule has 2 aromatic carbocycles. The van der Waals surface area contributed by atoms with Gasteiger partial charge in [0.05, 0.1) is 0 Å². The molecule has 0 atom stereocenters. The van der Waals surface area contributed by atoms with Crippen LogP contribution in [0.5, 0.6) is 0 Å². The van der Waals surface area contributed by atoms with Gasteiger partial charge in [0.25, 0.3) is 0 Å². The van der Waals surface area contributed by atoms with Gasteiger partial charge in [-0.1, -0.05) is 53.6 Å². The molecule has 3 nitrogen and oxygen atoms in total. The number of nitrogens with one attached hydrogen (secondary N) is 1. The summed E-state index contributed by atoms with van der Waals surface area (Å²) in [4.78, 5) is 24.9. The number of carbonyl (C=O) groups is 2. The Bertz CT molecular complexity index is 837. The molecule has 0 aromatic heterocycles. The van der Waals surface area contributed by atoms with Crippen LogP contribution >= 0.6 is 11.6 Å². The summed E-state index contributed by atoms with van der Waals surface area (Å²) >= 11 is 6.14. The number of carbonyl (C=O) groups excluding carboxylic acids is 2. The lowest BCUT2D eigenvalue weighted by Crippen LogP contribution is -2.24. The summed E-state index contributed by atoms with van der Waals surface area (Å²) in [5.41, 5.74) is 3.74. The first-order chi connectivity index (χ1) is 10.5. The van der Waals surface area contributed by atoms with Crippen LogP contribution in [0.4, 0.5) is 5.69 Å². The van der Waals surface area contributed by atoms with Crippen LogP contribution in [0.2, 0.25) is 0 Å². The summed E-state index contributed by atoms with van der Waals surface area (Å²) < 4.78 is 0. The highest BCUT2D eigenvalue weighted by Gasteiger charge is 2.31. The van der Waals surface area contributed by atoms with Gasteiger partial charge in [0.2, 0.25) is 11.6 Å². The van der Waals surface area contributed by atoms with E-state index in [0.717, 1.165) is 16.8 Å². The van der Waals surface area contributed by atoms with Gasteiger partial charge in [0.15, 0.2) is 0 Å². The molecule has 0 fully saturated rings. The van der Waals surface area contributed by atoms with Gasteiger partial charge in [-0.05, 0) is 25.5 Å².